The molecule has 2 atom stereocenters. The first-order chi connectivity index (χ1) is 8.52. The zero-order valence-corrected chi connectivity index (χ0v) is 12.8. The second-order valence-corrected chi connectivity index (χ2v) is 5.64. The summed E-state index contributed by atoms with van der Waals surface area (Å²) in [5.74, 6) is 0. The van der Waals surface area contributed by atoms with Crippen LogP contribution in [0, 0.1) is 0 Å². The summed E-state index contributed by atoms with van der Waals surface area (Å²) in [5.41, 5.74) is -0.757. The third-order valence-corrected chi connectivity index (χ3v) is 3.08. The van der Waals surface area contributed by atoms with E-state index < -0.39 is 5.60 Å². The minimum Gasteiger partial charge on any atom is -0.386 e. The van der Waals surface area contributed by atoms with Gasteiger partial charge in [0.15, 0.2) is 0 Å². The van der Waals surface area contributed by atoms with Gasteiger partial charge in [-0.3, -0.25) is 0 Å². The van der Waals surface area contributed by atoms with Crippen molar-refractivity contribution < 1.29 is 9.84 Å². The molecule has 0 bridgehead atoms. The first-order valence-corrected chi connectivity index (χ1v) is 7.56. The highest BCUT2D eigenvalue weighted by atomic mass is 16.5. The molecule has 3 heteroatoms. The van der Waals surface area contributed by atoms with Gasteiger partial charge in [-0.1, -0.05) is 39.5 Å². The Labute approximate surface area is 113 Å². The molecule has 0 aromatic heterocycles. The fourth-order valence-corrected chi connectivity index (χ4v) is 1.85. The van der Waals surface area contributed by atoms with Gasteiger partial charge in [-0.25, -0.2) is 0 Å². The van der Waals surface area contributed by atoms with Crippen molar-refractivity contribution in [2.45, 2.75) is 77.9 Å². The lowest BCUT2D eigenvalue weighted by Crippen LogP contribution is -2.42. The third-order valence-electron chi connectivity index (χ3n) is 3.08. The zero-order valence-electron chi connectivity index (χ0n) is 12.8. The van der Waals surface area contributed by atoms with E-state index in [-0.39, 0.29) is 6.10 Å². The summed E-state index contributed by atoms with van der Waals surface area (Å²) in [6.45, 7) is 10.2. The van der Waals surface area contributed by atoms with E-state index in [1.165, 1.54) is 25.7 Å². The number of nitrogens with one attached hydrogen (secondary N) is 1. The number of aliphatic hydroxyl groups is 1. The minimum atomic E-state index is -0.757. The van der Waals surface area contributed by atoms with Gasteiger partial charge in [-0.15, -0.1) is 0 Å². The Morgan fingerprint density at radius 3 is 2.50 bits per heavy atom. The fourth-order valence-electron chi connectivity index (χ4n) is 1.85. The van der Waals surface area contributed by atoms with Gasteiger partial charge in [0.05, 0.1) is 18.3 Å². The van der Waals surface area contributed by atoms with Crippen molar-refractivity contribution in [1.29, 1.82) is 0 Å². The molecule has 0 amide bonds. The van der Waals surface area contributed by atoms with E-state index in [1.54, 1.807) is 0 Å². The summed E-state index contributed by atoms with van der Waals surface area (Å²) in [5, 5.41) is 13.3. The second kappa shape index (κ2) is 10.8. The Morgan fingerprint density at radius 1 is 1.17 bits per heavy atom. The summed E-state index contributed by atoms with van der Waals surface area (Å²) in [6, 6.07) is 0. The molecule has 0 aromatic carbocycles. The van der Waals surface area contributed by atoms with Gasteiger partial charge < -0.3 is 15.2 Å². The van der Waals surface area contributed by atoms with Crippen LogP contribution in [-0.2, 0) is 4.74 Å². The Morgan fingerprint density at radius 2 is 1.89 bits per heavy atom. The Bertz CT molecular complexity index is 183. The van der Waals surface area contributed by atoms with E-state index in [2.05, 4.69) is 26.1 Å². The van der Waals surface area contributed by atoms with Crippen LogP contribution in [0.25, 0.3) is 0 Å². The SMILES string of the molecule is CCCCCCC(C)OCC(C)(O)CNCCC. The van der Waals surface area contributed by atoms with E-state index in [0.717, 1.165) is 19.4 Å². The number of ether oxygens (including phenoxy) is 1. The van der Waals surface area contributed by atoms with Crippen LogP contribution in [0.1, 0.15) is 66.2 Å². The van der Waals surface area contributed by atoms with Gasteiger partial charge in [0.2, 0.25) is 0 Å². The molecule has 0 aromatic rings. The van der Waals surface area contributed by atoms with Crippen molar-refractivity contribution in [3.05, 3.63) is 0 Å². The van der Waals surface area contributed by atoms with Gasteiger partial charge >= 0.3 is 0 Å². The lowest BCUT2D eigenvalue weighted by atomic mass is 10.1. The van der Waals surface area contributed by atoms with Crippen molar-refractivity contribution in [1.82, 2.24) is 5.32 Å². The molecule has 0 aliphatic carbocycles. The average Bonchev–Trinajstić information content (AvgIpc) is 2.32. The molecule has 18 heavy (non-hydrogen) atoms. The predicted octanol–water partition coefficient (Wildman–Crippen LogP) is 3.11. The number of hydrogen-bond donors (Lipinski definition) is 2. The molecule has 2 unspecified atom stereocenters. The molecule has 0 saturated carbocycles. The molecular weight excluding hydrogens is 226 g/mol. The maximum Gasteiger partial charge on any atom is 0.0975 e. The lowest BCUT2D eigenvalue weighted by Gasteiger charge is -2.25. The predicted molar refractivity (Wildman–Crippen MR) is 78.0 cm³/mol. The number of rotatable bonds is 12. The summed E-state index contributed by atoms with van der Waals surface area (Å²) in [4.78, 5) is 0. The van der Waals surface area contributed by atoms with Crippen LogP contribution in [0.2, 0.25) is 0 Å². The van der Waals surface area contributed by atoms with E-state index in [1.807, 2.05) is 6.92 Å². The summed E-state index contributed by atoms with van der Waals surface area (Å²) < 4.78 is 5.73. The molecule has 110 valence electrons. The molecule has 0 saturated heterocycles. The summed E-state index contributed by atoms with van der Waals surface area (Å²) in [7, 11) is 0. The highest BCUT2D eigenvalue weighted by Gasteiger charge is 2.21. The van der Waals surface area contributed by atoms with Gasteiger partial charge in [0.1, 0.15) is 0 Å². The topological polar surface area (TPSA) is 41.5 Å². The highest BCUT2D eigenvalue weighted by molar-refractivity contribution is 4.75. The quantitative estimate of drug-likeness (QED) is 0.529. The maximum atomic E-state index is 10.1. The van der Waals surface area contributed by atoms with Gasteiger partial charge in [-0.2, -0.15) is 0 Å². The molecule has 3 nitrogen and oxygen atoms in total. The van der Waals surface area contributed by atoms with Crippen LogP contribution in [0.4, 0.5) is 0 Å². The van der Waals surface area contributed by atoms with Crippen molar-refractivity contribution in [2.24, 2.45) is 0 Å². The van der Waals surface area contributed by atoms with Crippen LogP contribution in [0.3, 0.4) is 0 Å². The Balaban J connectivity index is 3.58. The standard InChI is InChI=1S/C15H33NO2/c1-5-7-8-9-10-14(3)18-13-15(4,17)12-16-11-6-2/h14,16-17H,5-13H2,1-4H3. The molecule has 0 radical (unpaired) electrons. The molecule has 0 fully saturated rings. The van der Waals surface area contributed by atoms with Crippen molar-refractivity contribution in [2.75, 3.05) is 19.7 Å². The molecular formula is C15H33NO2. The average molecular weight is 259 g/mol. The molecule has 0 aliphatic rings. The minimum absolute atomic E-state index is 0.250. The van der Waals surface area contributed by atoms with Crippen molar-refractivity contribution in [3.63, 3.8) is 0 Å². The smallest absolute Gasteiger partial charge is 0.0975 e. The number of hydrogen-bond acceptors (Lipinski definition) is 3. The summed E-state index contributed by atoms with van der Waals surface area (Å²) >= 11 is 0. The first-order valence-electron chi connectivity index (χ1n) is 7.56. The fraction of sp³-hybridized carbons (Fsp3) is 1.00. The third kappa shape index (κ3) is 11.0. The van der Waals surface area contributed by atoms with Crippen LogP contribution in [-0.4, -0.2) is 36.5 Å². The van der Waals surface area contributed by atoms with E-state index in [0.29, 0.717) is 13.2 Å². The Hall–Kier alpha value is -0.120. The lowest BCUT2D eigenvalue weighted by molar-refractivity contribution is -0.0589. The molecule has 0 spiro atoms. The maximum absolute atomic E-state index is 10.1. The molecule has 2 N–H and O–H groups in total. The monoisotopic (exact) mass is 259 g/mol. The van der Waals surface area contributed by atoms with E-state index >= 15 is 0 Å². The van der Waals surface area contributed by atoms with Gasteiger partial charge in [0, 0.05) is 6.54 Å². The van der Waals surface area contributed by atoms with Crippen LogP contribution >= 0.6 is 0 Å². The summed E-state index contributed by atoms with van der Waals surface area (Å²) in [6.07, 6.45) is 7.53. The second-order valence-electron chi connectivity index (χ2n) is 5.64. The highest BCUT2D eigenvalue weighted by Crippen LogP contribution is 2.10. The molecule has 0 rings (SSSR count). The van der Waals surface area contributed by atoms with Crippen LogP contribution < -0.4 is 5.32 Å². The Kier molecular flexibility index (Phi) is 10.7. The van der Waals surface area contributed by atoms with E-state index in [4.69, 9.17) is 4.74 Å². The molecule has 0 aliphatic heterocycles. The van der Waals surface area contributed by atoms with Crippen molar-refractivity contribution in [3.8, 4) is 0 Å². The zero-order chi connectivity index (χ0) is 13.9. The number of unbranched alkanes of at least 4 members (excludes halogenated alkanes) is 3. The van der Waals surface area contributed by atoms with Crippen molar-refractivity contribution >= 4 is 0 Å². The van der Waals surface area contributed by atoms with Crippen LogP contribution in [0.15, 0.2) is 0 Å². The van der Waals surface area contributed by atoms with E-state index in [9.17, 15) is 5.11 Å². The van der Waals surface area contributed by atoms with Crippen LogP contribution in [0.5, 0.6) is 0 Å². The normalized spacial score (nSPS) is 16.5. The first kappa shape index (κ1) is 17.9. The molecule has 0 heterocycles. The van der Waals surface area contributed by atoms with Gasteiger partial charge in [-0.05, 0) is 33.2 Å². The largest absolute Gasteiger partial charge is 0.386 e. The van der Waals surface area contributed by atoms with Gasteiger partial charge in [0.25, 0.3) is 0 Å².